The second-order valence-electron chi connectivity index (χ2n) is 9.81. The third kappa shape index (κ3) is 7.44. The monoisotopic (exact) mass is 489 g/mol. The zero-order chi connectivity index (χ0) is 25.9. The smallest absolute Gasteiger partial charge is 0.153 e. The number of anilines is 3. The SMILES string of the molecule is CCC/C=C/C=C\c1c(C)cc(Nc2cc(C)[nH]n2)nc1NC1CC(CC)N(CCC#N)C(CC)C1. The van der Waals surface area contributed by atoms with Crippen LogP contribution in [0.2, 0.25) is 0 Å². The molecule has 1 fully saturated rings. The molecule has 0 radical (unpaired) electrons. The number of nitriles is 1. The molecule has 1 saturated heterocycles. The van der Waals surface area contributed by atoms with E-state index < -0.39 is 0 Å². The van der Waals surface area contributed by atoms with E-state index in [9.17, 15) is 0 Å². The zero-order valence-corrected chi connectivity index (χ0v) is 22.6. The van der Waals surface area contributed by atoms with Crippen molar-refractivity contribution in [1.82, 2.24) is 20.1 Å². The van der Waals surface area contributed by atoms with Crippen molar-refractivity contribution in [2.24, 2.45) is 0 Å². The molecular weight excluding hydrogens is 446 g/mol. The lowest BCUT2D eigenvalue weighted by molar-refractivity contribution is 0.0735. The van der Waals surface area contributed by atoms with Gasteiger partial charge in [-0.1, -0.05) is 51.5 Å². The number of piperidine rings is 1. The van der Waals surface area contributed by atoms with E-state index >= 15 is 0 Å². The number of unbranched alkanes of at least 4 members (excludes halogenated alkanes) is 1. The van der Waals surface area contributed by atoms with E-state index in [-0.39, 0.29) is 0 Å². The van der Waals surface area contributed by atoms with E-state index in [1.54, 1.807) is 0 Å². The van der Waals surface area contributed by atoms with Gasteiger partial charge in [-0.15, -0.1) is 0 Å². The van der Waals surface area contributed by atoms with Gasteiger partial charge in [-0.2, -0.15) is 10.4 Å². The van der Waals surface area contributed by atoms with Crippen LogP contribution in [0.5, 0.6) is 0 Å². The number of hydrogen-bond acceptors (Lipinski definition) is 6. The highest BCUT2D eigenvalue weighted by Crippen LogP contribution is 2.32. The number of allylic oxidation sites excluding steroid dienone is 3. The number of rotatable bonds is 12. The molecule has 0 spiro atoms. The standard InChI is InChI=1S/C29H43N7/c1-6-9-10-11-12-14-26-21(4)17-27(32-28-18-22(5)34-35-28)33-29(26)31-23-19-24(7-2)36(16-13-15-30)25(8-3)20-23/h10-12,14,17-18,23-25H,6-9,13,16,19-20H2,1-5H3,(H3,31,32,33,34,35)/b11-10+,14-12-. The van der Waals surface area contributed by atoms with Crippen LogP contribution < -0.4 is 10.6 Å². The second-order valence-corrected chi connectivity index (χ2v) is 9.81. The summed E-state index contributed by atoms with van der Waals surface area (Å²) >= 11 is 0. The van der Waals surface area contributed by atoms with Gasteiger partial charge in [0.25, 0.3) is 0 Å². The normalized spacial score (nSPS) is 20.7. The largest absolute Gasteiger partial charge is 0.367 e. The third-order valence-electron chi connectivity index (χ3n) is 7.01. The summed E-state index contributed by atoms with van der Waals surface area (Å²) in [7, 11) is 0. The number of aromatic nitrogens is 3. The minimum absolute atomic E-state index is 0.329. The maximum atomic E-state index is 9.15. The van der Waals surface area contributed by atoms with Gasteiger partial charge in [-0.25, -0.2) is 4.98 Å². The molecule has 3 N–H and O–H groups in total. The fourth-order valence-electron chi connectivity index (χ4n) is 5.15. The molecule has 7 heteroatoms. The predicted octanol–water partition coefficient (Wildman–Crippen LogP) is 6.88. The van der Waals surface area contributed by atoms with Gasteiger partial charge in [0.05, 0.1) is 6.07 Å². The lowest BCUT2D eigenvalue weighted by Gasteiger charge is -2.45. The van der Waals surface area contributed by atoms with Crippen molar-refractivity contribution in [3.8, 4) is 6.07 Å². The molecule has 2 unspecified atom stereocenters. The lowest BCUT2D eigenvalue weighted by atomic mass is 9.88. The van der Waals surface area contributed by atoms with E-state index in [2.05, 4.69) is 89.9 Å². The summed E-state index contributed by atoms with van der Waals surface area (Å²) < 4.78 is 0. The Morgan fingerprint density at radius 1 is 1.11 bits per heavy atom. The van der Waals surface area contributed by atoms with Crippen molar-refractivity contribution in [1.29, 1.82) is 5.26 Å². The average Bonchev–Trinajstić information content (AvgIpc) is 3.28. The Morgan fingerprint density at radius 2 is 1.86 bits per heavy atom. The van der Waals surface area contributed by atoms with E-state index in [0.29, 0.717) is 24.5 Å². The number of nitrogens with one attached hydrogen (secondary N) is 3. The van der Waals surface area contributed by atoms with Gasteiger partial charge in [0, 0.05) is 48.4 Å². The van der Waals surface area contributed by atoms with Crippen LogP contribution in [0, 0.1) is 25.2 Å². The summed E-state index contributed by atoms with van der Waals surface area (Å²) in [4.78, 5) is 7.58. The van der Waals surface area contributed by atoms with Crippen molar-refractivity contribution in [2.45, 2.75) is 97.7 Å². The topological polar surface area (TPSA) is 92.7 Å². The van der Waals surface area contributed by atoms with Gasteiger partial charge in [0.1, 0.15) is 11.6 Å². The number of likely N-dealkylation sites (tertiary alicyclic amines) is 1. The van der Waals surface area contributed by atoms with Crippen molar-refractivity contribution >= 4 is 23.5 Å². The summed E-state index contributed by atoms with van der Waals surface area (Å²) in [6.07, 6.45) is 15.7. The fraction of sp³-hybridized carbons (Fsp3) is 0.552. The molecule has 2 aromatic heterocycles. The van der Waals surface area contributed by atoms with Crippen molar-refractivity contribution in [2.75, 3.05) is 17.2 Å². The quantitative estimate of drug-likeness (QED) is 0.281. The Kier molecular flexibility index (Phi) is 10.6. The average molecular weight is 490 g/mol. The molecule has 194 valence electrons. The first-order valence-electron chi connectivity index (χ1n) is 13.5. The van der Waals surface area contributed by atoms with E-state index in [1.807, 2.05) is 13.0 Å². The van der Waals surface area contributed by atoms with Crippen LogP contribution in [-0.4, -0.2) is 44.8 Å². The number of hydrogen-bond donors (Lipinski definition) is 3. The molecule has 0 aliphatic carbocycles. The van der Waals surface area contributed by atoms with E-state index in [0.717, 1.165) is 79.3 Å². The highest BCUT2D eigenvalue weighted by atomic mass is 15.2. The number of pyridine rings is 1. The highest BCUT2D eigenvalue weighted by Gasteiger charge is 2.34. The maximum Gasteiger partial charge on any atom is 0.153 e. The third-order valence-corrected chi connectivity index (χ3v) is 7.01. The van der Waals surface area contributed by atoms with Crippen LogP contribution in [0.1, 0.15) is 82.5 Å². The molecule has 0 saturated carbocycles. The van der Waals surface area contributed by atoms with E-state index in [4.69, 9.17) is 10.2 Å². The highest BCUT2D eigenvalue weighted by molar-refractivity contribution is 5.71. The molecule has 36 heavy (non-hydrogen) atoms. The number of aromatic amines is 1. The number of H-pyrrole nitrogens is 1. The molecule has 0 amide bonds. The van der Waals surface area contributed by atoms with Gasteiger partial charge in [-0.05, 0) is 57.6 Å². The minimum Gasteiger partial charge on any atom is -0.367 e. The molecule has 3 heterocycles. The van der Waals surface area contributed by atoms with E-state index in [1.165, 1.54) is 0 Å². The molecule has 3 rings (SSSR count). The minimum atomic E-state index is 0.329. The zero-order valence-electron chi connectivity index (χ0n) is 22.6. The molecular formula is C29H43N7. The first-order chi connectivity index (χ1) is 17.5. The molecule has 2 aromatic rings. The first-order valence-corrected chi connectivity index (χ1v) is 13.5. The van der Waals surface area contributed by atoms with Crippen LogP contribution >= 0.6 is 0 Å². The van der Waals surface area contributed by atoms with Gasteiger partial charge in [0.2, 0.25) is 0 Å². The summed E-state index contributed by atoms with van der Waals surface area (Å²) in [5, 5.41) is 23.6. The first kappa shape index (κ1) is 27.5. The van der Waals surface area contributed by atoms with Crippen molar-refractivity contribution < 1.29 is 0 Å². The van der Waals surface area contributed by atoms with Crippen LogP contribution in [-0.2, 0) is 0 Å². The fourth-order valence-corrected chi connectivity index (χ4v) is 5.15. The Hall–Kier alpha value is -3.11. The van der Waals surface area contributed by atoms with Crippen LogP contribution in [0.4, 0.5) is 17.5 Å². The van der Waals surface area contributed by atoms with Crippen LogP contribution in [0.3, 0.4) is 0 Å². The predicted molar refractivity (Wildman–Crippen MR) is 150 cm³/mol. The Labute approximate surface area is 217 Å². The van der Waals surface area contributed by atoms with Crippen LogP contribution in [0.25, 0.3) is 6.08 Å². The summed E-state index contributed by atoms with van der Waals surface area (Å²) in [5.74, 6) is 2.45. The summed E-state index contributed by atoms with van der Waals surface area (Å²) in [5.41, 5.74) is 3.28. The Bertz CT molecular complexity index is 1050. The van der Waals surface area contributed by atoms with Gasteiger partial charge >= 0.3 is 0 Å². The Balaban J connectivity index is 1.88. The molecule has 7 nitrogen and oxygen atoms in total. The number of aryl methyl sites for hydroxylation is 2. The molecule has 0 aromatic carbocycles. The summed E-state index contributed by atoms with van der Waals surface area (Å²) in [6, 6.07) is 7.67. The maximum absolute atomic E-state index is 9.15. The van der Waals surface area contributed by atoms with Crippen molar-refractivity contribution in [3.05, 3.63) is 47.2 Å². The number of nitrogens with zero attached hydrogens (tertiary/aromatic N) is 4. The molecule has 2 atom stereocenters. The van der Waals surface area contributed by atoms with Gasteiger partial charge < -0.3 is 10.6 Å². The van der Waals surface area contributed by atoms with Crippen molar-refractivity contribution in [3.63, 3.8) is 0 Å². The lowest BCUT2D eigenvalue weighted by Crippen LogP contribution is -2.52. The molecule has 0 bridgehead atoms. The van der Waals surface area contributed by atoms with Gasteiger partial charge in [0.15, 0.2) is 5.82 Å². The van der Waals surface area contributed by atoms with Crippen LogP contribution in [0.15, 0.2) is 30.4 Å². The summed E-state index contributed by atoms with van der Waals surface area (Å²) in [6.45, 7) is 11.7. The Morgan fingerprint density at radius 3 is 2.47 bits per heavy atom. The second kappa shape index (κ2) is 13.8. The van der Waals surface area contributed by atoms with Gasteiger partial charge in [-0.3, -0.25) is 10.00 Å². The molecule has 1 aliphatic rings. The molecule has 1 aliphatic heterocycles.